The molecule has 0 amide bonds. The molecule has 0 spiro atoms. The van der Waals surface area contributed by atoms with Gasteiger partial charge in [-0.3, -0.25) is 9.58 Å². The molecule has 0 saturated carbocycles. The zero-order valence-electron chi connectivity index (χ0n) is 11.0. The van der Waals surface area contributed by atoms with Gasteiger partial charge >= 0.3 is 0 Å². The molecule has 1 aromatic heterocycles. The van der Waals surface area contributed by atoms with Gasteiger partial charge in [-0.25, -0.2) is 0 Å². The van der Waals surface area contributed by atoms with Crippen LogP contribution in [0, 0.1) is 19.8 Å². The van der Waals surface area contributed by atoms with Gasteiger partial charge in [-0.1, -0.05) is 0 Å². The predicted molar refractivity (Wildman–Crippen MR) is 67.9 cm³/mol. The van der Waals surface area contributed by atoms with Crippen molar-refractivity contribution in [1.82, 2.24) is 20.0 Å². The minimum atomic E-state index is 0.758. The number of aromatic nitrogens is 2. The van der Waals surface area contributed by atoms with Crippen LogP contribution in [0.1, 0.15) is 23.4 Å². The Labute approximate surface area is 103 Å². The zero-order valence-corrected chi connectivity index (χ0v) is 11.0. The van der Waals surface area contributed by atoms with Crippen LogP contribution in [0.25, 0.3) is 0 Å². The van der Waals surface area contributed by atoms with Gasteiger partial charge < -0.3 is 5.32 Å². The summed E-state index contributed by atoms with van der Waals surface area (Å²) in [5.74, 6) is 0.882. The van der Waals surface area contributed by atoms with Crippen molar-refractivity contribution in [3.8, 4) is 0 Å². The summed E-state index contributed by atoms with van der Waals surface area (Å²) >= 11 is 0. The van der Waals surface area contributed by atoms with Crippen LogP contribution in [-0.4, -0.2) is 40.4 Å². The largest absolute Gasteiger partial charge is 0.315 e. The molecule has 0 aliphatic carbocycles. The highest BCUT2D eigenvalue weighted by molar-refractivity contribution is 5.24. The van der Waals surface area contributed by atoms with Crippen molar-refractivity contribution in [3.63, 3.8) is 0 Å². The van der Waals surface area contributed by atoms with Crippen molar-refractivity contribution in [2.24, 2.45) is 13.0 Å². The minimum Gasteiger partial charge on any atom is -0.315 e. The zero-order chi connectivity index (χ0) is 12.0. The van der Waals surface area contributed by atoms with Gasteiger partial charge in [-0.05, 0) is 39.3 Å². The van der Waals surface area contributed by atoms with Crippen LogP contribution >= 0.6 is 0 Å². The molecule has 2 fully saturated rings. The first-order chi connectivity index (χ1) is 8.16. The van der Waals surface area contributed by atoms with Crippen LogP contribution in [0.2, 0.25) is 0 Å². The van der Waals surface area contributed by atoms with Gasteiger partial charge in [0.1, 0.15) is 0 Å². The lowest BCUT2D eigenvalue weighted by atomic mass is 10.0. The van der Waals surface area contributed by atoms with Crippen LogP contribution in [0.15, 0.2) is 0 Å². The first-order valence-corrected chi connectivity index (χ1v) is 6.60. The Morgan fingerprint density at radius 3 is 2.88 bits per heavy atom. The maximum Gasteiger partial charge on any atom is 0.0641 e. The van der Waals surface area contributed by atoms with Crippen LogP contribution in [0.3, 0.4) is 0 Å². The highest BCUT2D eigenvalue weighted by Crippen LogP contribution is 2.29. The Balaban J connectivity index is 1.78. The molecule has 0 bridgehead atoms. The van der Waals surface area contributed by atoms with E-state index in [0.29, 0.717) is 0 Å². The molecule has 3 rings (SSSR count). The third kappa shape index (κ3) is 1.79. The number of rotatable bonds is 2. The summed E-state index contributed by atoms with van der Waals surface area (Å²) in [4.78, 5) is 2.64. The summed E-state index contributed by atoms with van der Waals surface area (Å²) in [6.07, 6.45) is 1.36. The molecule has 2 atom stereocenters. The molecule has 4 heteroatoms. The standard InChI is InChI=1S/C13H22N4/c1-9-12(10(2)16(3)15-9)8-17-5-4-11-6-14-7-13(11)17/h11,13-14H,4-8H2,1-3H3/t11-,13+/m1/s1. The van der Waals surface area contributed by atoms with Crippen molar-refractivity contribution < 1.29 is 0 Å². The Bertz CT molecular complexity index is 423. The maximum absolute atomic E-state index is 4.51. The molecule has 0 aromatic carbocycles. The Kier molecular flexibility index (Phi) is 2.71. The van der Waals surface area contributed by atoms with Gasteiger partial charge in [0.2, 0.25) is 0 Å². The molecule has 3 heterocycles. The SMILES string of the molecule is Cc1nn(C)c(C)c1CN1CC[C@@H]2CNC[C@@H]21. The summed E-state index contributed by atoms with van der Waals surface area (Å²) in [5.41, 5.74) is 3.94. The van der Waals surface area contributed by atoms with Crippen molar-refractivity contribution in [3.05, 3.63) is 17.0 Å². The fourth-order valence-corrected chi connectivity index (χ4v) is 3.38. The van der Waals surface area contributed by atoms with Gasteiger partial charge in [-0.15, -0.1) is 0 Å². The van der Waals surface area contributed by atoms with Crippen LogP contribution in [0.4, 0.5) is 0 Å². The Hall–Kier alpha value is -0.870. The lowest BCUT2D eigenvalue weighted by Gasteiger charge is -2.23. The second-order valence-electron chi connectivity index (χ2n) is 5.52. The van der Waals surface area contributed by atoms with E-state index in [4.69, 9.17) is 0 Å². The van der Waals surface area contributed by atoms with Gasteiger partial charge in [0.05, 0.1) is 5.69 Å². The normalized spacial score (nSPS) is 28.9. The summed E-state index contributed by atoms with van der Waals surface area (Å²) in [6.45, 7) is 9.02. The van der Waals surface area contributed by atoms with E-state index in [-0.39, 0.29) is 0 Å². The van der Waals surface area contributed by atoms with E-state index in [1.54, 1.807) is 0 Å². The summed E-state index contributed by atoms with van der Waals surface area (Å²) < 4.78 is 2.01. The summed E-state index contributed by atoms with van der Waals surface area (Å²) in [6, 6.07) is 0.758. The Morgan fingerprint density at radius 2 is 2.18 bits per heavy atom. The monoisotopic (exact) mass is 234 g/mol. The molecule has 0 unspecified atom stereocenters. The Morgan fingerprint density at radius 1 is 1.35 bits per heavy atom. The number of nitrogens with one attached hydrogen (secondary N) is 1. The first-order valence-electron chi connectivity index (χ1n) is 6.60. The fraction of sp³-hybridized carbons (Fsp3) is 0.769. The van der Waals surface area contributed by atoms with Gasteiger partial charge in [0.15, 0.2) is 0 Å². The first kappa shape index (κ1) is 11.2. The van der Waals surface area contributed by atoms with E-state index in [0.717, 1.165) is 18.5 Å². The number of hydrogen-bond donors (Lipinski definition) is 1. The van der Waals surface area contributed by atoms with Crippen LogP contribution < -0.4 is 5.32 Å². The van der Waals surface area contributed by atoms with E-state index in [2.05, 4.69) is 29.2 Å². The van der Waals surface area contributed by atoms with E-state index in [1.165, 1.54) is 43.0 Å². The maximum atomic E-state index is 4.51. The molecule has 2 aliphatic rings. The van der Waals surface area contributed by atoms with Gasteiger partial charge in [0.25, 0.3) is 0 Å². The van der Waals surface area contributed by atoms with Crippen LogP contribution in [-0.2, 0) is 13.6 Å². The van der Waals surface area contributed by atoms with Crippen LogP contribution in [0.5, 0.6) is 0 Å². The van der Waals surface area contributed by atoms with Crippen molar-refractivity contribution in [2.75, 3.05) is 19.6 Å². The molecule has 17 heavy (non-hydrogen) atoms. The summed E-state index contributed by atoms with van der Waals surface area (Å²) in [5, 5.41) is 8.02. The van der Waals surface area contributed by atoms with E-state index in [1.807, 2.05) is 11.7 Å². The van der Waals surface area contributed by atoms with E-state index in [9.17, 15) is 0 Å². The minimum absolute atomic E-state index is 0.758. The lowest BCUT2D eigenvalue weighted by Crippen LogP contribution is -2.33. The lowest BCUT2D eigenvalue weighted by molar-refractivity contribution is 0.243. The average molecular weight is 234 g/mol. The molecular formula is C13H22N4. The molecular weight excluding hydrogens is 212 g/mol. The fourth-order valence-electron chi connectivity index (χ4n) is 3.38. The van der Waals surface area contributed by atoms with Crippen molar-refractivity contribution in [2.45, 2.75) is 32.9 Å². The molecule has 2 saturated heterocycles. The molecule has 4 nitrogen and oxygen atoms in total. The highest BCUT2D eigenvalue weighted by atomic mass is 15.3. The third-order valence-electron chi connectivity index (χ3n) is 4.58. The number of hydrogen-bond acceptors (Lipinski definition) is 3. The smallest absolute Gasteiger partial charge is 0.0641 e. The molecule has 1 N–H and O–H groups in total. The number of likely N-dealkylation sites (tertiary alicyclic amines) is 1. The summed E-state index contributed by atoms with van der Waals surface area (Å²) in [7, 11) is 2.04. The molecule has 94 valence electrons. The van der Waals surface area contributed by atoms with E-state index >= 15 is 0 Å². The predicted octanol–water partition coefficient (Wildman–Crippen LogP) is 0.831. The van der Waals surface area contributed by atoms with E-state index < -0.39 is 0 Å². The quantitative estimate of drug-likeness (QED) is 0.823. The third-order valence-corrected chi connectivity index (χ3v) is 4.58. The van der Waals surface area contributed by atoms with Gasteiger partial charge in [-0.2, -0.15) is 5.10 Å². The van der Waals surface area contributed by atoms with Crippen molar-refractivity contribution in [1.29, 1.82) is 0 Å². The topological polar surface area (TPSA) is 33.1 Å². The van der Waals surface area contributed by atoms with Gasteiger partial charge in [0, 0.05) is 37.4 Å². The number of fused-ring (bicyclic) bond motifs is 1. The second kappa shape index (κ2) is 4.10. The second-order valence-corrected chi connectivity index (χ2v) is 5.52. The highest BCUT2D eigenvalue weighted by Gasteiger charge is 2.37. The molecule has 1 aromatic rings. The molecule has 2 aliphatic heterocycles. The number of aryl methyl sites for hydroxylation is 2. The van der Waals surface area contributed by atoms with Crippen molar-refractivity contribution >= 4 is 0 Å². The average Bonchev–Trinajstić information content (AvgIpc) is 2.92. The number of nitrogens with zero attached hydrogens (tertiary/aromatic N) is 3. The molecule has 0 radical (unpaired) electrons.